The van der Waals surface area contributed by atoms with Gasteiger partial charge in [0.1, 0.15) is 0 Å². The van der Waals surface area contributed by atoms with E-state index >= 15 is 0 Å². The summed E-state index contributed by atoms with van der Waals surface area (Å²) in [6.07, 6.45) is 2.27. The van der Waals surface area contributed by atoms with E-state index in [0.717, 1.165) is 44.7 Å². The molecule has 1 saturated heterocycles. The Balaban J connectivity index is 2.05. The molecule has 1 aliphatic rings. The van der Waals surface area contributed by atoms with Gasteiger partial charge in [0.25, 0.3) is 0 Å². The SMILES string of the molecule is CCC[C@H]1COCCN1Cc1ccc(S(=O)(=O)NC)cc1. The maximum absolute atomic E-state index is 11.7. The van der Waals surface area contributed by atoms with Gasteiger partial charge in [0.15, 0.2) is 0 Å². The monoisotopic (exact) mass is 312 g/mol. The molecule has 0 aromatic heterocycles. The first-order valence-electron chi connectivity index (χ1n) is 7.41. The number of rotatable bonds is 6. The highest BCUT2D eigenvalue weighted by Crippen LogP contribution is 2.17. The van der Waals surface area contributed by atoms with E-state index < -0.39 is 10.0 Å². The molecule has 118 valence electrons. The second-order valence-corrected chi connectivity index (χ2v) is 7.23. The smallest absolute Gasteiger partial charge is 0.240 e. The van der Waals surface area contributed by atoms with Crippen LogP contribution in [0.5, 0.6) is 0 Å². The van der Waals surface area contributed by atoms with Crippen molar-refractivity contribution >= 4 is 10.0 Å². The molecule has 6 heteroatoms. The van der Waals surface area contributed by atoms with Gasteiger partial charge in [-0.1, -0.05) is 25.5 Å². The van der Waals surface area contributed by atoms with Crippen molar-refractivity contribution in [3.63, 3.8) is 0 Å². The second kappa shape index (κ2) is 7.35. The highest BCUT2D eigenvalue weighted by atomic mass is 32.2. The highest BCUT2D eigenvalue weighted by Gasteiger charge is 2.22. The van der Waals surface area contributed by atoms with Crippen molar-refractivity contribution in [2.75, 3.05) is 26.8 Å². The van der Waals surface area contributed by atoms with E-state index in [0.29, 0.717) is 10.9 Å². The Hall–Kier alpha value is -0.950. The molecule has 1 N–H and O–H groups in total. The van der Waals surface area contributed by atoms with Crippen molar-refractivity contribution in [3.05, 3.63) is 29.8 Å². The van der Waals surface area contributed by atoms with Gasteiger partial charge < -0.3 is 4.74 Å². The van der Waals surface area contributed by atoms with Crippen LogP contribution in [0, 0.1) is 0 Å². The van der Waals surface area contributed by atoms with Crippen LogP contribution in [0.1, 0.15) is 25.3 Å². The first-order chi connectivity index (χ1) is 10.1. The van der Waals surface area contributed by atoms with Crippen LogP contribution in [0.15, 0.2) is 29.2 Å². The van der Waals surface area contributed by atoms with Crippen molar-refractivity contribution in [3.8, 4) is 0 Å². The number of benzene rings is 1. The van der Waals surface area contributed by atoms with Crippen LogP contribution < -0.4 is 4.72 Å². The van der Waals surface area contributed by atoms with E-state index in [1.807, 2.05) is 12.1 Å². The van der Waals surface area contributed by atoms with Crippen LogP contribution in [0.3, 0.4) is 0 Å². The highest BCUT2D eigenvalue weighted by molar-refractivity contribution is 7.89. The van der Waals surface area contributed by atoms with Gasteiger partial charge >= 0.3 is 0 Å². The molecule has 5 nitrogen and oxygen atoms in total. The Morgan fingerprint density at radius 2 is 2.05 bits per heavy atom. The number of hydrogen-bond acceptors (Lipinski definition) is 4. The maximum atomic E-state index is 11.7. The van der Waals surface area contributed by atoms with Gasteiger partial charge in [-0.2, -0.15) is 0 Å². The van der Waals surface area contributed by atoms with Crippen LogP contribution in [-0.4, -0.2) is 46.2 Å². The van der Waals surface area contributed by atoms with Crippen molar-refractivity contribution < 1.29 is 13.2 Å². The Labute approximate surface area is 127 Å². The number of morpholine rings is 1. The molecule has 0 aliphatic carbocycles. The van der Waals surface area contributed by atoms with Gasteiger partial charge in [-0.3, -0.25) is 4.90 Å². The van der Waals surface area contributed by atoms with E-state index in [1.54, 1.807) is 12.1 Å². The quantitative estimate of drug-likeness (QED) is 0.867. The summed E-state index contributed by atoms with van der Waals surface area (Å²) in [4.78, 5) is 2.73. The van der Waals surface area contributed by atoms with E-state index in [1.165, 1.54) is 7.05 Å². The minimum atomic E-state index is -3.35. The average molecular weight is 312 g/mol. The molecule has 2 rings (SSSR count). The Kier molecular flexibility index (Phi) is 5.75. The van der Waals surface area contributed by atoms with Crippen LogP contribution in [-0.2, 0) is 21.3 Å². The minimum Gasteiger partial charge on any atom is -0.378 e. The topological polar surface area (TPSA) is 58.6 Å². The number of sulfonamides is 1. The molecular formula is C15H24N2O3S. The zero-order valence-corrected chi connectivity index (χ0v) is 13.5. The third-order valence-corrected chi connectivity index (χ3v) is 5.29. The molecule has 1 fully saturated rings. The summed E-state index contributed by atoms with van der Waals surface area (Å²) in [7, 11) is -1.93. The molecule has 1 atom stereocenters. The van der Waals surface area contributed by atoms with Gasteiger partial charge in [0, 0.05) is 19.1 Å². The van der Waals surface area contributed by atoms with Crippen molar-refractivity contribution in [2.24, 2.45) is 0 Å². The fourth-order valence-corrected chi connectivity index (χ4v) is 3.35. The summed E-state index contributed by atoms with van der Waals surface area (Å²) in [5, 5.41) is 0. The molecule has 0 saturated carbocycles. The standard InChI is InChI=1S/C15H24N2O3S/c1-3-4-14-12-20-10-9-17(14)11-13-5-7-15(8-6-13)21(18,19)16-2/h5-8,14,16H,3-4,9-12H2,1-2H3/t14-/m0/s1. The lowest BCUT2D eigenvalue weighted by Crippen LogP contribution is -2.44. The third-order valence-electron chi connectivity index (χ3n) is 3.86. The first-order valence-corrected chi connectivity index (χ1v) is 8.89. The first kappa shape index (κ1) is 16.4. The summed E-state index contributed by atoms with van der Waals surface area (Å²) < 4.78 is 31.3. The van der Waals surface area contributed by atoms with Crippen molar-refractivity contribution in [1.82, 2.24) is 9.62 Å². The zero-order valence-electron chi connectivity index (χ0n) is 12.7. The molecule has 1 heterocycles. The molecular weight excluding hydrogens is 288 g/mol. The Morgan fingerprint density at radius 1 is 1.33 bits per heavy atom. The van der Waals surface area contributed by atoms with E-state index in [2.05, 4.69) is 16.5 Å². The molecule has 0 radical (unpaired) electrons. The Morgan fingerprint density at radius 3 is 2.67 bits per heavy atom. The number of nitrogens with one attached hydrogen (secondary N) is 1. The molecule has 1 aromatic rings. The third kappa shape index (κ3) is 4.26. The number of hydrogen-bond donors (Lipinski definition) is 1. The Bertz CT molecular complexity index is 541. The summed E-state index contributed by atoms with van der Waals surface area (Å²) >= 11 is 0. The minimum absolute atomic E-state index is 0.306. The zero-order chi connectivity index (χ0) is 15.3. The number of nitrogens with zero attached hydrogens (tertiary/aromatic N) is 1. The van der Waals surface area contributed by atoms with Crippen LogP contribution in [0.25, 0.3) is 0 Å². The van der Waals surface area contributed by atoms with Gasteiger partial charge in [-0.25, -0.2) is 13.1 Å². The lowest BCUT2D eigenvalue weighted by Gasteiger charge is -2.35. The van der Waals surface area contributed by atoms with Gasteiger partial charge in [-0.15, -0.1) is 0 Å². The molecule has 0 unspecified atom stereocenters. The fraction of sp³-hybridized carbons (Fsp3) is 0.600. The largest absolute Gasteiger partial charge is 0.378 e. The lowest BCUT2D eigenvalue weighted by atomic mass is 10.1. The van der Waals surface area contributed by atoms with Gasteiger partial charge in [0.05, 0.1) is 18.1 Å². The predicted octanol–water partition coefficient (Wildman–Crippen LogP) is 1.60. The van der Waals surface area contributed by atoms with Gasteiger partial charge in [-0.05, 0) is 31.2 Å². The molecule has 1 aromatic carbocycles. The van der Waals surface area contributed by atoms with E-state index in [9.17, 15) is 8.42 Å². The summed E-state index contributed by atoms with van der Waals surface area (Å²) in [5.74, 6) is 0. The van der Waals surface area contributed by atoms with Crippen LogP contribution in [0.4, 0.5) is 0 Å². The average Bonchev–Trinajstić information content (AvgIpc) is 2.50. The summed E-state index contributed by atoms with van der Waals surface area (Å²) in [5.41, 5.74) is 1.13. The molecule has 21 heavy (non-hydrogen) atoms. The van der Waals surface area contributed by atoms with Crippen LogP contribution >= 0.6 is 0 Å². The van der Waals surface area contributed by atoms with Crippen LogP contribution in [0.2, 0.25) is 0 Å². The fourth-order valence-electron chi connectivity index (χ4n) is 2.62. The normalized spacial score (nSPS) is 20.6. The van der Waals surface area contributed by atoms with Gasteiger partial charge in [0.2, 0.25) is 10.0 Å². The second-order valence-electron chi connectivity index (χ2n) is 5.34. The summed E-state index contributed by atoms with van der Waals surface area (Å²) in [6, 6.07) is 7.57. The molecule has 0 bridgehead atoms. The maximum Gasteiger partial charge on any atom is 0.240 e. The lowest BCUT2D eigenvalue weighted by molar-refractivity contribution is -0.0147. The molecule has 0 spiro atoms. The predicted molar refractivity (Wildman–Crippen MR) is 82.6 cm³/mol. The van der Waals surface area contributed by atoms with Crippen molar-refractivity contribution in [1.29, 1.82) is 0 Å². The summed E-state index contributed by atoms with van der Waals surface area (Å²) in [6.45, 7) is 5.52. The van der Waals surface area contributed by atoms with Crippen molar-refractivity contribution in [2.45, 2.75) is 37.2 Å². The molecule has 1 aliphatic heterocycles. The van der Waals surface area contributed by atoms with E-state index in [-0.39, 0.29) is 0 Å². The molecule has 0 amide bonds. The number of ether oxygens (including phenoxy) is 1. The van der Waals surface area contributed by atoms with E-state index in [4.69, 9.17) is 4.74 Å².